The van der Waals surface area contributed by atoms with Gasteiger partial charge in [-0.1, -0.05) is 25.2 Å². The molecule has 0 unspecified atom stereocenters. The van der Waals surface area contributed by atoms with E-state index in [9.17, 15) is 0 Å². The summed E-state index contributed by atoms with van der Waals surface area (Å²) in [4.78, 5) is 4.15. The molecule has 0 aliphatic carbocycles. The lowest BCUT2D eigenvalue weighted by molar-refractivity contribution is 0.314. The number of hydrogen-bond acceptors (Lipinski definition) is 5. The van der Waals surface area contributed by atoms with Crippen molar-refractivity contribution in [3.05, 3.63) is 23.8 Å². The highest BCUT2D eigenvalue weighted by molar-refractivity contribution is 7.99. The van der Waals surface area contributed by atoms with E-state index in [1.165, 1.54) is 29.5 Å². The van der Waals surface area contributed by atoms with Gasteiger partial charge in [-0.15, -0.1) is 11.8 Å². The van der Waals surface area contributed by atoms with Crippen molar-refractivity contribution in [2.24, 2.45) is 5.73 Å². The predicted octanol–water partition coefficient (Wildman–Crippen LogP) is 2.89. The van der Waals surface area contributed by atoms with E-state index in [1.54, 1.807) is 11.8 Å². The summed E-state index contributed by atoms with van der Waals surface area (Å²) in [5.74, 6) is 3.52. The number of rotatable bonds is 7. The molecule has 1 aromatic carbocycles. The second kappa shape index (κ2) is 8.88. The number of hydrogen-bond donors (Lipinski definition) is 2. The van der Waals surface area contributed by atoms with Gasteiger partial charge < -0.3 is 11.1 Å². The minimum Gasteiger partial charge on any atom is -0.389 e. The molecule has 0 saturated carbocycles. The highest BCUT2D eigenvalue weighted by Gasteiger charge is 2.12. The Morgan fingerprint density at radius 3 is 2.86 bits per heavy atom. The summed E-state index contributed by atoms with van der Waals surface area (Å²) in [5.41, 5.74) is 7.98. The van der Waals surface area contributed by atoms with Gasteiger partial charge in [-0.25, -0.2) is 0 Å². The number of thiocarbonyl (C=S) groups is 1. The first-order valence-electron chi connectivity index (χ1n) is 7.32. The molecule has 1 fully saturated rings. The SMILES string of the molecule is CCSc1cccc(NCCN2CCSCC2)c1C(N)=S. The van der Waals surface area contributed by atoms with Gasteiger partial charge in [-0.3, -0.25) is 4.90 Å². The number of anilines is 1. The molecule has 0 spiro atoms. The Balaban J connectivity index is 1.98. The number of nitrogens with zero attached hydrogens (tertiary/aromatic N) is 1. The van der Waals surface area contributed by atoms with Crippen molar-refractivity contribution in [2.75, 3.05) is 48.8 Å². The largest absolute Gasteiger partial charge is 0.389 e. The second-order valence-corrected chi connectivity index (χ2v) is 7.83. The van der Waals surface area contributed by atoms with Gasteiger partial charge in [0.2, 0.25) is 0 Å². The monoisotopic (exact) mass is 341 g/mol. The Hall–Kier alpha value is -0.430. The molecular formula is C15H23N3S3. The van der Waals surface area contributed by atoms with Crippen LogP contribution in [0.4, 0.5) is 5.69 Å². The Bertz CT molecular complexity index is 473. The third kappa shape index (κ3) is 5.06. The van der Waals surface area contributed by atoms with E-state index in [0.717, 1.165) is 30.1 Å². The molecule has 0 aromatic heterocycles. The zero-order valence-corrected chi connectivity index (χ0v) is 14.9. The van der Waals surface area contributed by atoms with Crippen molar-refractivity contribution >= 4 is 46.4 Å². The van der Waals surface area contributed by atoms with Crippen molar-refractivity contribution in [1.29, 1.82) is 0 Å². The average Bonchev–Trinajstić information content (AvgIpc) is 2.48. The van der Waals surface area contributed by atoms with Crippen LogP contribution in [-0.4, -0.2) is 53.3 Å². The lowest BCUT2D eigenvalue weighted by atomic mass is 10.1. The summed E-state index contributed by atoms with van der Waals surface area (Å²) in [7, 11) is 0. The van der Waals surface area contributed by atoms with Crippen LogP contribution in [0.3, 0.4) is 0 Å². The van der Waals surface area contributed by atoms with Crippen LogP contribution >= 0.6 is 35.7 Å². The number of nitrogens with one attached hydrogen (secondary N) is 1. The molecule has 1 heterocycles. The van der Waals surface area contributed by atoms with Crippen LogP contribution < -0.4 is 11.1 Å². The van der Waals surface area contributed by atoms with Gasteiger partial charge in [0.25, 0.3) is 0 Å². The van der Waals surface area contributed by atoms with Gasteiger partial charge in [-0.2, -0.15) is 11.8 Å². The average molecular weight is 342 g/mol. The smallest absolute Gasteiger partial charge is 0.107 e. The van der Waals surface area contributed by atoms with Gasteiger partial charge in [0.1, 0.15) is 4.99 Å². The van der Waals surface area contributed by atoms with Crippen LogP contribution in [0, 0.1) is 0 Å². The van der Waals surface area contributed by atoms with Gasteiger partial charge in [0.15, 0.2) is 0 Å². The molecule has 0 bridgehead atoms. The minimum absolute atomic E-state index is 0.475. The van der Waals surface area contributed by atoms with E-state index < -0.39 is 0 Å². The maximum Gasteiger partial charge on any atom is 0.107 e. The summed E-state index contributed by atoms with van der Waals surface area (Å²) in [6.07, 6.45) is 0. The second-order valence-electron chi connectivity index (χ2n) is 4.86. The third-order valence-corrected chi connectivity index (χ3v) is 5.51. The van der Waals surface area contributed by atoms with Crippen LogP contribution in [-0.2, 0) is 0 Å². The lowest BCUT2D eigenvalue weighted by Gasteiger charge is -2.26. The predicted molar refractivity (Wildman–Crippen MR) is 101 cm³/mol. The van der Waals surface area contributed by atoms with Gasteiger partial charge >= 0.3 is 0 Å². The zero-order valence-electron chi connectivity index (χ0n) is 12.4. The van der Waals surface area contributed by atoms with Crippen molar-refractivity contribution in [1.82, 2.24) is 4.90 Å². The Morgan fingerprint density at radius 1 is 1.43 bits per heavy atom. The van der Waals surface area contributed by atoms with Crippen LogP contribution in [0.5, 0.6) is 0 Å². The number of benzene rings is 1. The molecule has 1 aromatic rings. The molecule has 0 atom stereocenters. The summed E-state index contributed by atoms with van der Waals surface area (Å²) in [6, 6.07) is 6.23. The fraction of sp³-hybridized carbons (Fsp3) is 0.533. The molecule has 116 valence electrons. The number of thioether (sulfide) groups is 2. The topological polar surface area (TPSA) is 41.3 Å². The normalized spacial score (nSPS) is 15.9. The first-order valence-corrected chi connectivity index (χ1v) is 9.86. The minimum atomic E-state index is 0.475. The molecule has 6 heteroatoms. The molecule has 3 N–H and O–H groups in total. The van der Waals surface area contributed by atoms with E-state index in [4.69, 9.17) is 18.0 Å². The van der Waals surface area contributed by atoms with E-state index in [2.05, 4.69) is 35.3 Å². The standard InChI is InChI=1S/C15H23N3S3/c1-2-21-13-5-3-4-12(14(13)15(16)19)17-6-7-18-8-10-20-11-9-18/h3-5,17H,2,6-11H2,1H3,(H2,16,19). The highest BCUT2D eigenvalue weighted by atomic mass is 32.2. The molecule has 21 heavy (non-hydrogen) atoms. The van der Waals surface area contributed by atoms with Crippen molar-refractivity contribution in [3.63, 3.8) is 0 Å². The lowest BCUT2D eigenvalue weighted by Crippen LogP contribution is -2.36. The van der Waals surface area contributed by atoms with Crippen LogP contribution in [0.15, 0.2) is 23.1 Å². The van der Waals surface area contributed by atoms with E-state index in [0.29, 0.717) is 4.99 Å². The molecular weight excluding hydrogens is 318 g/mol. The van der Waals surface area contributed by atoms with Crippen molar-refractivity contribution in [3.8, 4) is 0 Å². The van der Waals surface area contributed by atoms with Crippen LogP contribution in [0.1, 0.15) is 12.5 Å². The summed E-state index contributed by atoms with van der Waals surface area (Å²) >= 11 is 9.07. The highest BCUT2D eigenvalue weighted by Crippen LogP contribution is 2.28. The van der Waals surface area contributed by atoms with E-state index >= 15 is 0 Å². The van der Waals surface area contributed by atoms with Crippen molar-refractivity contribution < 1.29 is 0 Å². The Morgan fingerprint density at radius 2 is 2.19 bits per heavy atom. The number of nitrogens with two attached hydrogens (primary N) is 1. The van der Waals surface area contributed by atoms with Crippen molar-refractivity contribution in [2.45, 2.75) is 11.8 Å². The first-order chi connectivity index (χ1) is 10.2. The summed E-state index contributed by atoms with van der Waals surface area (Å²) < 4.78 is 0. The fourth-order valence-electron chi connectivity index (χ4n) is 2.38. The maximum atomic E-state index is 5.93. The van der Waals surface area contributed by atoms with Crippen LogP contribution in [0.2, 0.25) is 0 Å². The Kier molecular flexibility index (Phi) is 7.16. The zero-order chi connectivity index (χ0) is 15.1. The molecule has 1 aliphatic heterocycles. The molecule has 1 aliphatic rings. The van der Waals surface area contributed by atoms with E-state index in [-0.39, 0.29) is 0 Å². The summed E-state index contributed by atoms with van der Waals surface area (Å²) in [6.45, 7) is 6.53. The molecule has 0 radical (unpaired) electrons. The maximum absolute atomic E-state index is 5.93. The molecule has 0 amide bonds. The van der Waals surface area contributed by atoms with Gasteiger partial charge in [-0.05, 0) is 17.9 Å². The quantitative estimate of drug-likeness (QED) is 0.587. The van der Waals surface area contributed by atoms with Gasteiger partial charge in [0, 0.05) is 53.8 Å². The third-order valence-electron chi connectivity index (χ3n) is 3.42. The first kappa shape index (κ1) is 16.9. The Labute approximate surface area is 141 Å². The summed E-state index contributed by atoms with van der Waals surface area (Å²) in [5, 5.41) is 3.51. The molecule has 1 saturated heterocycles. The van der Waals surface area contributed by atoms with Gasteiger partial charge in [0.05, 0.1) is 0 Å². The van der Waals surface area contributed by atoms with E-state index in [1.807, 2.05) is 11.8 Å². The fourth-order valence-corrected chi connectivity index (χ4v) is 4.50. The van der Waals surface area contributed by atoms with Crippen LogP contribution in [0.25, 0.3) is 0 Å². The molecule has 2 rings (SSSR count). The molecule has 3 nitrogen and oxygen atoms in total.